The summed E-state index contributed by atoms with van der Waals surface area (Å²) in [5, 5.41) is 10.1. The van der Waals surface area contributed by atoms with Crippen molar-refractivity contribution in [2.75, 3.05) is 6.61 Å². The van der Waals surface area contributed by atoms with Crippen molar-refractivity contribution in [3.63, 3.8) is 0 Å². The molecule has 0 saturated heterocycles. The van der Waals surface area contributed by atoms with E-state index in [2.05, 4.69) is 6.92 Å². The molecule has 0 spiro atoms. The SMILES string of the molecule is CCCCCCCCCCCCCCOc1c(C=O)c2ccccc2n1C(=O)O. The monoisotopic (exact) mass is 401 g/mol. The van der Waals surface area contributed by atoms with Crippen LogP contribution in [0.25, 0.3) is 10.9 Å². The lowest BCUT2D eigenvalue weighted by Gasteiger charge is -2.09. The number of rotatable bonds is 15. The van der Waals surface area contributed by atoms with Gasteiger partial charge in [0.15, 0.2) is 6.29 Å². The van der Waals surface area contributed by atoms with Gasteiger partial charge in [-0.25, -0.2) is 9.36 Å². The van der Waals surface area contributed by atoms with Gasteiger partial charge in [-0.15, -0.1) is 0 Å². The molecule has 0 saturated carbocycles. The van der Waals surface area contributed by atoms with Crippen LogP contribution in [-0.2, 0) is 0 Å². The summed E-state index contributed by atoms with van der Waals surface area (Å²) in [7, 11) is 0. The molecule has 0 bridgehead atoms. The molecule has 160 valence electrons. The molecule has 0 aliphatic heterocycles. The maximum Gasteiger partial charge on any atom is 0.418 e. The van der Waals surface area contributed by atoms with E-state index in [1.165, 1.54) is 64.2 Å². The predicted octanol–water partition coefficient (Wildman–Crippen LogP) is 7.06. The Labute approximate surface area is 174 Å². The number of carboxylic acid groups (broad SMARTS) is 1. The molecule has 2 rings (SSSR count). The van der Waals surface area contributed by atoms with Gasteiger partial charge in [-0.05, 0) is 12.5 Å². The molecule has 5 nitrogen and oxygen atoms in total. The number of carbonyl (C=O) groups is 2. The van der Waals surface area contributed by atoms with Crippen molar-refractivity contribution in [1.82, 2.24) is 4.57 Å². The summed E-state index contributed by atoms with van der Waals surface area (Å²) >= 11 is 0. The molecule has 2 aromatic rings. The third-order valence-corrected chi connectivity index (χ3v) is 5.41. The van der Waals surface area contributed by atoms with E-state index in [4.69, 9.17) is 4.74 Å². The highest BCUT2D eigenvalue weighted by Gasteiger charge is 2.21. The first-order valence-electron chi connectivity index (χ1n) is 11.2. The van der Waals surface area contributed by atoms with Crippen LogP contribution in [0.1, 0.15) is 94.3 Å². The fraction of sp³-hybridized carbons (Fsp3) is 0.583. The molecule has 0 unspecified atom stereocenters. The van der Waals surface area contributed by atoms with Crippen molar-refractivity contribution in [2.45, 2.75) is 84.0 Å². The van der Waals surface area contributed by atoms with Gasteiger partial charge in [-0.1, -0.05) is 95.8 Å². The van der Waals surface area contributed by atoms with Crippen LogP contribution in [0.2, 0.25) is 0 Å². The average molecular weight is 402 g/mol. The summed E-state index contributed by atoms with van der Waals surface area (Å²) in [4.78, 5) is 23.2. The highest BCUT2D eigenvalue weighted by Crippen LogP contribution is 2.31. The second kappa shape index (κ2) is 13.0. The summed E-state index contributed by atoms with van der Waals surface area (Å²) in [5.41, 5.74) is 0.786. The number of fused-ring (bicyclic) bond motifs is 1. The normalized spacial score (nSPS) is 11.1. The van der Waals surface area contributed by atoms with E-state index < -0.39 is 6.09 Å². The van der Waals surface area contributed by atoms with Gasteiger partial charge in [0.1, 0.15) is 0 Å². The third kappa shape index (κ3) is 6.91. The second-order valence-electron chi connectivity index (χ2n) is 7.71. The summed E-state index contributed by atoms with van der Waals surface area (Å²) in [5.74, 6) is 0.136. The Morgan fingerprint density at radius 1 is 0.931 bits per heavy atom. The van der Waals surface area contributed by atoms with Crippen LogP contribution in [0.3, 0.4) is 0 Å². The summed E-state index contributed by atoms with van der Waals surface area (Å²) in [6.45, 7) is 2.67. The first-order valence-corrected chi connectivity index (χ1v) is 11.2. The Balaban J connectivity index is 1.68. The molecule has 0 aliphatic carbocycles. The van der Waals surface area contributed by atoms with Gasteiger partial charge >= 0.3 is 6.09 Å². The van der Waals surface area contributed by atoms with Gasteiger partial charge in [0.2, 0.25) is 5.88 Å². The third-order valence-electron chi connectivity index (χ3n) is 5.41. The second-order valence-corrected chi connectivity index (χ2v) is 7.71. The van der Waals surface area contributed by atoms with Crippen LogP contribution in [-0.4, -0.2) is 28.7 Å². The first kappa shape index (κ1) is 23.0. The van der Waals surface area contributed by atoms with E-state index in [0.29, 0.717) is 29.4 Å². The molecule has 29 heavy (non-hydrogen) atoms. The number of aromatic nitrogens is 1. The quantitative estimate of drug-likeness (QED) is 0.256. The Kier molecular flexibility index (Phi) is 10.3. The lowest BCUT2D eigenvalue weighted by atomic mass is 10.1. The van der Waals surface area contributed by atoms with Crippen molar-refractivity contribution >= 4 is 23.3 Å². The Morgan fingerprint density at radius 2 is 1.48 bits per heavy atom. The van der Waals surface area contributed by atoms with Gasteiger partial charge in [-0.2, -0.15) is 0 Å². The molecular formula is C24H35NO4. The van der Waals surface area contributed by atoms with E-state index in [-0.39, 0.29) is 5.88 Å². The maximum absolute atomic E-state index is 11.7. The van der Waals surface area contributed by atoms with Crippen molar-refractivity contribution < 1.29 is 19.4 Å². The van der Waals surface area contributed by atoms with Crippen LogP contribution in [0.5, 0.6) is 5.88 Å². The zero-order valence-electron chi connectivity index (χ0n) is 17.7. The lowest BCUT2D eigenvalue weighted by Crippen LogP contribution is -2.12. The minimum atomic E-state index is -1.14. The zero-order valence-corrected chi connectivity index (χ0v) is 17.7. The highest BCUT2D eigenvalue weighted by atomic mass is 16.5. The number of hydrogen-bond acceptors (Lipinski definition) is 3. The van der Waals surface area contributed by atoms with Crippen molar-refractivity contribution in [1.29, 1.82) is 0 Å². The summed E-state index contributed by atoms with van der Waals surface area (Å²) < 4.78 is 6.82. The molecule has 0 aliphatic rings. The number of aldehydes is 1. The lowest BCUT2D eigenvalue weighted by molar-refractivity contribution is 0.112. The van der Waals surface area contributed by atoms with Gasteiger partial charge in [0.05, 0.1) is 17.7 Å². The standard InChI is InChI=1S/C24H35NO4/c1-2-3-4-5-6-7-8-9-10-11-12-15-18-29-23-21(19-26)20-16-13-14-17-22(20)25(23)24(27)28/h13-14,16-17,19H,2-12,15,18H2,1H3,(H,27,28). The Bertz CT molecular complexity index is 766. The molecule has 1 heterocycles. The Morgan fingerprint density at radius 3 is 2.03 bits per heavy atom. The van der Waals surface area contributed by atoms with Crippen LogP contribution in [0, 0.1) is 0 Å². The molecule has 0 amide bonds. The number of carbonyl (C=O) groups excluding carboxylic acids is 1. The number of benzene rings is 1. The summed E-state index contributed by atoms with van der Waals surface area (Å²) in [6, 6.07) is 6.98. The smallest absolute Gasteiger partial charge is 0.418 e. The first-order chi connectivity index (χ1) is 14.2. The van der Waals surface area contributed by atoms with E-state index in [9.17, 15) is 14.7 Å². The minimum absolute atomic E-state index is 0.136. The van der Waals surface area contributed by atoms with Gasteiger partial charge in [0, 0.05) is 5.39 Å². The van der Waals surface area contributed by atoms with Crippen molar-refractivity contribution in [3.05, 3.63) is 29.8 Å². The topological polar surface area (TPSA) is 68.5 Å². The highest BCUT2D eigenvalue weighted by molar-refractivity contribution is 6.04. The van der Waals surface area contributed by atoms with E-state index >= 15 is 0 Å². The number of para-hydroxylation sites is 1. The zero-order chi connectivity index (χ0) is 20.9. The predicted molar refractivity (Wildman–Crippen MR) is 117 cm³/mol. The van der Waals surface area contributed by atoms with E-state index in [0.717, 1.165) is 17.4 Å². The molecule has 0 atom stereocenters. The van der Waals surface area contributed by atoms with Gasteiger partial charge in [0.25, 0.3) is 0 Å². The number of nitrogens with zero attached hydrogens (tertiary/aromatic N) is 1. The van der Waals surface area contributed by atoms with Gasteiger partial charge in [-0.3, -0.25) is 4.79 Å². The van der Waals surface area contributed by atoms with E-state index in [1.54, 1.807) is 24.3 Å². The molecular weight excluding hydrogens is 366 g/mol. The van der Waals surface area contributed by atoms with Crippen LogP contribution < -0.4 is 4.74 Å². The number of ether oxygens (including phenoxy) is 1. The van der Waals surface area contributed by atoms with Crippen molar-refractivity contribution in [3.8, 4) is 5.88 Å². The average Bonchev–Trinajstić information content (AvgIpc) is 3.04. The van der Waals surface area contributed by atoms with Crippen LogP contribution in [0.4, 0.5) is 4.79 Å². The molecule has 5 heteroatoms. The maximum atomic E-state index is 11.7. The molecule has 0 radical (unpaired) electrons. The van der Waals surface area contributed by atoms with Crippen molar-refractivity contribution in [2.24, 2.45) is 0 Å². The van der Waals surface area contributed by atoms with Crippen LogP contribution >= 0.6 is 0 Å². The van der Waals surface area contributed by atoms with Crippen LogP contribution in [0.15, 0.2) is 24.3 Å². The fourth-order valence-corrected chi connectivity index (χ4v) is 3.80. The minimum Gasteiger partial charge on any atom is -0.478 e. The summed E-state index contributed by atoms with van der Waals surface area (Å²) in [6.07, 6.45) is 14.6. The molecule has 1 aromatic carbocycles. The van der Waals surface area contributed by atoms with Gasteiger partial charge < -0.3 is 9.84 Å². The molecule has 1 aromatic heterocycles. The number of unbranched alkanes of at least 4 members (excludes halogenated alkanes) is 11. The molecule has 1 N–H and O–H groups in total. The Hall–Kier alpha value is -2.30. The largest absolute Gasteiger partial charge is 0.478 e. The fourth-order valence-electron chi connectivity index (χ4n) is 3.80. The van der Waals surface area contributed by atoms with E-state index in [1.807, 2.05) is 0 Å². The molecule has 0 fully saturated rings. The number of hydrogen-bond donors (Lipinski definition) is 1.